The minimum absolute atomic E-state index is 0.591. The monoisotopic (exact) mass is 245 g/mol. The van der Waals surface area contributed by atoms with Crippen molar-refractivity contribution in [2.24, 2.45) is 0 Å². The lowest BCUT2D eigenvalue weighted by molar-refractivity contribution is 0.303. The van der Waals surface area contributed by atoms with Gasteiger partial charge in [-0.05, 0) is 62.6 Å². The van der Waals surface area contributed by atoms with Gasteiger partial charge in [-0.3, -0.25) is 0 Å². The van der Waals surface area contributed by atoms with Crippen molar-refractivity contribution < 1.29 is 4.74 Å². The van der Waals surface area contributed by atoms with Crippen molar-refractivity contribution in [2.45, 2.75) is 32.7 Å². The van der Waals surface area contributed by atoms with Crippen LogP contribution in [-0.2, 0) is 6.42 Å². The molecule has 1 aromatic carbocycles. The van der Waals surface area contributed by atoms with Gasteiger partial charge in [-0.1, -0.05) is 12.1 Å². The third kappa shape index (κ3) is 2.75. The summed E-state index contributed by atoms with van der Waals surface area (Å²) in [5.41, 5.74) is 4.30. The average molecular weight is 245 g/mol. The van der Waals surface area contributed by atoms with Gasteiger partial charge in [-0.2, -0.15) is 0 Å². The highest BCUT2D eigenvalue weighted by Gasteiger charge is 2.16. The second-order valence-electron chi connectivity index (χ2n) is 5.29. The molecule has 2 heteroatoms. The minimum atomic E-state index is 0.591. The number of methoxy groups -OCH3 is 1. The number of aryl methyl sites for hydroxylation is 1. The molecular formula is C16H23NO. The Balaban J connectivity index is 2.17. The number of ether oxygens (including phenoxy) is 1. The topological polar surface area (TPSA) is 12.5 Å². The van der Waals surface area contributed by atoms with E-state index in [1.807, 2.05) is 0 Å². The molecule has 1 aromatic rings. The molecule has 0 aliphatic heterocycles. The summed E-state index contributed by atoms with van der Waals surface area (Å²) in [5.74, 6) is 0.957. The van der Waals surface area contributed by atoms with Gasteiger partial charge in [0.1, 0.15) is 5.75 Å². The Bertz CT molecular complexity index is 448. The van der Waals surface area contributed by atoms with Crippen LogP contribution in [-0.4, -0.2) is 31.6 Å². The summed E-state index contributed by atoms with van der Waals surface area (Å²) in [5, 5.41) is 0. The zero-order chi connectivity index (χ0) is 13.1. The minimum Gasteiger partial charge on any atom is -0.497 e. The van der Waals surface area contributed by atoms with Crippen molar-refractivity contribution in [3.05, 3.63) is 35.4 Å². The standard InChI is InChI=1S/C16H23NO/c1-12(2)17(3)10-9-14-6-5-13-7-8-15(18-4)11-16(13)14/h7-9,11-12H,5-6,10H2,1-4H3/b14-9+. The molecule has 0 unspecified atom stereocenters. The molecule has 18 heavy (non-hydrogen) atoms. The maximum atomic E-state index is 5.31. The molecule has 2 nitrogen and oxygen atoms in total. The van der Waals surface area contributed by atoms with Gasteiger partial charge in [0, 0.05) is 12.6 Å². The molecule has 0 aromatic heterocycles. The lowest BCUT2D eigenvalue weighted by atomic mass is 10.1. The van der Waals surface area contributed by atoms with Gasteiger partial charge < -0.3 is 9.64 Å². The van der Waals surface area contributed by atoms with Crippen LogP contribution in [0.2, 0.25) is 0 Å². The van der Waals surface area contributed by atoms with Crippen LogP contribution in [0.4, 0.5) is 0 Å². The van der Waals surface area contributed by atoms with E-state index in [4.69, 9.17) is 4.74 Å². The molecule has 98 valence electrons. The Labute approximate surface area is 110 Å². The molecule has 0 amide bonds. The summed E-state index contributed by atoms with van der Waals surface area (Å²) in [6.45, 7) is 5.47. The van der Waals surface area contributed by atoms with Crippen molar-refractivity contribution in [2.75, 3.05) is 20.7 Å². The van der Waals surface area contributed by atoms with Crippen molar-refractivity contribution in [1.82, 2.24) is 4.90 Å². The Morgan fingerprint density at radius 3 is 2.78 bits per heavy atom. The summed E-state index contributed by atoms with van der Waals surface area (Å²) < 4.78 is 5.31. The number of hydrogen-bond acceptors (Lipinski definition) is 2. The molecule has 0 spiro atoms. The normalized spacial score (nSPS) is 16.7. The van der Waals surface area contributed by atoms with E-state index >= 15 is 0 Å². The largest absolute Gasteiger partial charge is 0.497 e. The molecule has 0 atom stereocenters. The summed E-state index contributed by atoms with van der Waals surface area (Å²) in [4.78, 5) is 2.35. The highest BCUT2D eigenvalue weighted by Crippen LogP contribution is 2.34. The molecule has 0 heterocycles. The van der Waals surface area contributed by atoms with Gasteiger partial charge in [-0.15, -0.1) is 0 Å². The van der Waals surface area contributed by atoms with Gasteiger partial charge in [0.2, 0.25) is 0 Å². The maximum absolute atomic E-state index is 5.31. The van der Waals surface area contributed by atoms with Crippen molar-refractivity contribution in [3.8, 4) is 5.75 Å². The number of fused-ring (bicyclic) bond motifs is 1. The first kappa shape index (κ1) is 13.2. The predicted octanol–water partition coefficient (Wildman–Crippen LogP) is 3.37. The van der Waals surface area contributed by atoms with E-state index in [9.17, 15) is 0 Å². The number of benzene rings is 1. The Kier molecular flexibility index (Phi) is 4.07. The quantitative estimate of drug-likeness (QED) is 0.806. The molecule has 2 rings (SSSR count). The summed E-state index contributed by atoms with van der Waals surface area (Å²) in [6, 6.07) is 7.01. The molecular weight excluding hydrogens is 222 g/mol. The van der Waals surface area contributed by atoms with Gasteiger partial charge in [0.15, 0.2) is 0 Å². The predicted molar refractivity (Wildman–Crippen MR) is 77.1 cm³/mol. The highest BCUT2D eigenvalue weighted by atomic mass is 16.5. The fourth-order valence-electron chi connectivity index (χ4n) is 2.28. The van der Waals surface area contributed by atoms with Crippen LogP contribution in [0.15, 0.2) is 24.3 Å². The lowest BCUT2D eigenvalue weighted by Gasteiger charge is -2.19. The molecule has 0 N–H and O–H groups in total. The zero-order valence-electron chi connectivity index (χ0n) is 11.9. The Morgan fingerprint density at radius 2 is 2.11 bits per heavy atom. The number of rotatable bonds is 4. The smallest absolute Gasteiger partial charge is 0.119 e. The SMILES string of the molecule is COc1ccc2c(c1)/C(=C/CN(C)C(C)C)CC2. The Morgan fingerprint density at radius 1 is 1.33 bits per heavy atom. The third-order valence-corrected chi connectivity index (χ3v) is 3.83. The number of allylic oxidation sites excluding steroid dienone is 1. The molecule has 0 saturated heterocycles. The van der Waals surface area contributed by atoms with Crippen LogP contribution in [0.3, 0.4) is 0 Å². The summed E-state index contributed by atoms with van der Waals surface area (Å²) >= 11 is 0. The van der Waals surface area contributed by atoms with E-state index in [-0.39, 0.29) is 0 Å². The molecule has 1 aliphatic carbocycles. The van der Waals surface area contributed by atoms with Crippen LogP contribution in [0.25, 0.3) is 5.57 Å². The van der Waals surface area contributed by atoms with Crippen LogP contribution < -0.4 is 4.74 Å². The van der Waals surface area contributed by atoms with E-state index in [0.717, 1.165) is 25.1 Å². The number of likely N-dealkylation sites (N-methyl/N-ethyl adjacent to an activating group) is 1. The number of hydrogen-bond donors (Lipinski definition) is 0. The van der Waals surface area contributed by atoms with Gasteiger partial charge in [-0.25, -0.2) is 0 Å². The second kappa shape index (κ2) is 5.57. The van der Waals surface area contributed by atoms with Crippen molar-refractivity contribution in [3.63, 3.8) is 0 Å². The molecule has 0 fully saturated rings. The van der Waals surface area contributed by atoms with E-state index in [0.29, 0.717) is 6.04 Å². The van der Waals surface area contributed by atoms with Gasteiger partial charge >= 0.3 is 0 Å². The van der Waals surface area contributed by atoms with E-state index in [1.54, 1.807) is 7.11 Å². The van der Waals surface area contributed by atoms with Crippen molar-refractivity contribution >= 4 is 5.57 Å². The lowest BCUT2D eigenvalue weighted by Crippen LogP contribution is -2.26. The van der Waals surface area contributed by atoms with Gasteiger partial charge in [0.25, 0.3) is 0 Å². The first-order valence-corrected chi connectivity index (χ1v) is 6.68. The van der Waals surface area contributed by atoms with E-state index in [2.05, 4.69) is 50.1 Å². The van der Waals surface area contributed by atoms with Crippen LogP contribution in [0.1, 0.15) is 31.4 Å². The molecule has 0 bridgehead atoms. The zero-order valence-corrected chi connectivity index (χ0v) is 11.9. The first-order valence-electron chi connectivity index (χ1n) is 6.68. The Hall–Kier alpha value is -1.28. The van der Waals surface area contributed by atoms with Gasteiger partial charge in [0.05, 0.1) is 7.11 Å². The van der Waals surface area contributed by atoms with Crippen LogP contribution in [0, 0.1) is 0 Å². The highest BCUT2D eigenvalue weighted by molar-refractivity contribution is 5.73. The first-order chi connectivity index (χ1) is 8.61. The maximum Gasteiger partial charge on any atom is 0.119 e. The summed E-state index contributed by atoms with van der Waals surface area (Å²) in [6.07, 6.45) is 4.69. The van der Waals surface area contributed by atoms with Crippen LogP contribution in [0.5, 0.6) is 5.75 Å². The van der Waals surface area contributed by atoms with Crippen molar-refractivity contribution in [1.29, 1.82) is 0 Å². The fourth-order valence-corrected chi connectivity index (χ4v) is 2.28. The third-order valence-electron chi connectivity index (χ3n) is 3.83. The van der Waals surface area contributed by atoms with Crippen LogP contribution >= 0.6 is 0 Å². The second-order valence-corrected chi connectivity index (χ2v) is 5.29. The molecule has 0 radical (unpaired) electrons. The molecule has 0 saturated carbocycles. The fraction of sp³-hybridized carbons (Fsp3) is 0.500. The summed E-state index contributed by atoms with van der Waals surface area (Å²) in [7, 11) is 3.90. The molecule has 1 aliphatic rings. The van der Waals surface area contributed by atoms with E-state index in [1.165, 1.54) is 16.7 Å². The average Bonchev–Trinajstić information content (AvgIpc) is 2.77. The number of nitrogens with zero attached hydrogens (tertiary/aromatic N) is 1. The van der Waals surface area contributed by atoms with E-state index < -0.39 is 0 Å².